The fraction of sp³-hybridized carbons (Fsp3) is 0.320. The van der Waals surface area contributed by atoms with Gasteiger partial charge in [0.05, 0.1) is 23.9 Å². The Labute approximate surface area is 182 Å². The third-order valence-electron chi connectivity index (χ3n) is 5.62. The summed E-state index contributed by atoms with van der Waals surface area (Å²) in [6.45, 7) is 6.67. The van der Waals surface area contributed by atoms with Gasteiger partial charge < -0.3 is 10.1 Å². The molecule has 1 amide bonds. The van der Waals surface area contributed by atoms with E-state index in [1.54, 1.807) is 28.9 Å². The number of nitrogens with zero attached hydrogens (tertiary/aromatic N) is 2. The van der Waals surface area contributed by atoms with Crippen LogP contribution in [0.1, 0.15) is 59.8 Å². The first-order chi connectivity index (χ1) is 15.0. The zero-order valence-electron chi connectivity index (χ0n) is 18.1. The molecule has 0 fully saturated rings. The minimum atomic E-state index is -0.560. The van der Waals surface area contributed by atoms with Gasteiger partial charge in [-0.05, 0) is 61.7 Å². The summed E-state index contributed by atoms with van der Waals surface area (Å²) in [4.78, 5) is 25.9. The second-order valence-corrected chi connectivity index (χ2v) is 7.82. The molecule has 6 nitrogen and oxygen atoms in total. The number of aryl methyl sites for hydroxylation is 2. The predicted octanol–water partition coefficient (Wildman–Crippen LogP) is 4.84. The number of aromatic nitrogens is 2. The van der Waals surface area contributed by atoms with Crippen molar-refractivity contribution in [2.24, 2.45) is 0 Å². The van der Waals surface area contributed by atoms with Crippen LogP contribution in [0, 0.1) is 6.92 Å². The standard InChI is InChI=1S/C25H27N3O3/c1-4-14-31-20-12-8-18(9-13-20)24(30)21-15-22(29)26-25-23(21)16(3)27-28(25)19-10-6-17(5-2)7-11-19/h6-13,21H,4-5,14-15H2,1-3H3,(H,26,29). The minimum absolute atomic E-state index is 0.0814. The van der Waals surface area contributed by atoms with E-state index in [9.17, 15) is 9.59 Å². The Kier molecular flexibility index (Phi) is 5.89. The second kappa shape index (κ2) is 8.76. The van der Waals surface area contributed by atoms with Crippen LogP contribution in [0.15, 0.2) is 48.5 Å². The molecule has 2 aromatic carbocycles. The molecule has 1 aliphatic rings. The van der Waals surface area contributed by atoms with E-state index in [2.05, 4.69) is 17.3 Å². The van der Waals surface area contributed by atoms with Crippen molar-refractivity contribution >= 4 is 17.5 Å². The van der Waals surface area contributed by atoms with E-state index < -0.39 is 5.92 Å². The van der Waals surface area contributed by atoms with Gasteiger partial charge in [-0.15, -0.1) is 0 Å². The van der Waals surface area contributed by atoms with Crippen LogP contribution in [0.25, 0.3) is 5.69 Å². The fourth-order valence-corrected chi connectivity index (χ4v) is 3.97. The minimum Gasteiger partial charge on any atom is -0.494 e. The molecule has 160 valence electrons. The maximum atomic E-state index is 13.4. The van der Waals surface area contributed by atoms with Gasteiger partial charge in [-0.25, -0.2) is 4.68 Å². The highest BCUT2D eigenvalue weighted by molar-refractivity contribution is 6.08. The van der Waals surface area contributed by atoms with Crippen LogP contribution >= 0.6 is 0 Å². The largest absolute Gasteiger partial charge is 0.494 e. The van der Waals surface area contributed by atoms with Gasteiger partial charge in [0.15, 0.2) is 5.78 Å². The van der Waals surface area contributed by atoms with Gasteiger partial charge in [0.2, 0.25) is 5.91 Å². The van der Waals surface area contributed by atoms with Crippen molar-refractivity contribution in [3.63, 3.8) is 0 Å². The molecule has 0 aliphatic carbocycles. The molecule has 4 rings (SSSR count). The number of hydrogen-bond acceptors (Lipinski definition) is 4. The highest BCUT2D eigenvalue weighted by atomic mass is 16.5. The van der Waals surface area contributed by atoms with Gasteiger partial charge in [0, 0.05) is 17.5 Å². The van der Waals surface area contributed by atoms with Gasteiger partial charge in [0.25, 0.3) is 0 Å². The number of hydrogen-bond donors (Lipinski definition) is 1. The summed E-state index contributed by atoms with van der Waals surface area (Å²) in [7, 11) is 0. The Hall–Kier alpha value is -3.41. The van der Waals surface area contributed by atoms with Gasteiger partial charge in [-0.3, -0.25) is 9.59 Å². The Balaban J connectivity index is 1.68. The quantitative estimate of drug-likeness (QED) is 0.558. The molecule has 6 heteroatoms. The first-order valence-electron chi connectivity index (χ1n) is 10.8. The maximum Gasteiger partial charge on any atom is 0.226 e. The average Bonchev–Trinajstić information content (AvgIpc) is 3.13. The summed E-state index contributed by atoms with van der Waals surface area (Å²) in [5.41, 5.74) is 4.18. The van der Waals surface area contributed by atoms with E-state index in [0.717, 1.165) is 35.5 Å². The Morgan fingerprint density at radius 2 is 1.84 bits per heavy atom. The zero-order valence-corrected chi connectivity index (χ0v) is 18.1. The molecular weight excluding hydrogens is 390 g/mol. The Bertz CT molecular complexity index is 1100. The number of Topliss-reactive ketones (excluding diaryl/α,β-unsaturated/α-hetero) is 1. The van der Waals surface area contributed by atoms with Crippen LogP contribution < -0.4 is 10.1 Å². The number of carbonyl (C=O) groups excluding carboxylic acids is 2. The molecule has 31 heavy (non-hydrogen) atoms. The lowest BCUT2D eigenvalue weighted by molar-refractivity contribution is -0.116. The Morgan fingerprint density at radius 1 is 1.13 bits per heavy atom. The number of ketones is 1. The molecule has 0 radical (unpaired) electrons. The normalized spacial score (nSPS) is 15.3. The lowest BCUT2D eigenvalue weighted by atomic mass is 9.85. The lowest BCUT2D eigenvalue weighted by Crippen LogP contribution is -2.28. The van der Waals surface area contributed by atoms with Gasteiger partial charge in [-0.1, -0.05) is 26.0 Å². The van der Waals surface area contributed by atoms with E-state index in [0.29, 0.717) is 18.0 Å². The van der Waals surface area contributed by atoms with E-state index in [1.165, 1.54) is 5.56 Å². The molecule has 3 aromatic rings. The summed E-state index contributed by atoms with van der Waals surface area (Å²) in [5.74, 6) is 0.497. The number of rotatable bonds is 7. The van der Waals surface area contributed by atoms with Crippen LogP contribution in [0.5, 0.6) is 5.75 Å². The molecule has 0 spiro atoms. The third-order valence-corrected chi connectivity index (χ3v) is 5.62. The molecule has 1 N–H and O–H groups in total. The summed E-state index contributed by atoms with van der Waals surface area (Å²) >= 11 is 0. The monoisotopic (exact) mass is 417 g/mol. The molecule has 1 aromatic heterocycles. The average molecular weight is 418 g/mol. The molecule has 1 aliphatic heterocycles. The van der Waals surface area contributed by atoms with Crippen LogP contribution in [0.2, 0.25) is 0 Å². The van der Waals surface area contributed by atoms with E-state index in [4.69, 9.17) is 4.74 Å². The first-order valence-corrected chi connectivity index (χ1v) is 10.8. The van der Waals surface area contributed by atoms with Crippen molar-refractivity contribution in [3.05, 3.63) is 70.9 Å². The number of ether oxygens (including phenoxy) is 1. The van der Waals surface area contributed by atoms with Crippen molar-refractivity contribution in [3.8, 4) is 11.4 Å². The molecule has 0 saturated carbocycles. The van der Waals surface area contributed by atoms with Crippen LogP contribution in [0.4, 0.5) is 5.82 Å². The number of fused-ring (bicyclic) bond motifs is 1. The predicted molar refractivity (Wildman–Crippen MR) is 120 cm³/mol. The van der Waals surface area contributed by atoms with Gasteiger partial charge in [0.1, 0.15) is 11.6 Å². The molecule has 0 bridgehead atoms. The van der Waals surface area contributed by atoms with Crippen LogP contribution in [0.3, 0.4) is 0 Å². The molecule has 1 unspecified atom stereocenters. The first kappa shape index (κ1) is 20.8. The number of benzene rings is 2. The summed E-state index contributed by atoms with van der Waals surface area (Å²) in [5, 5.41) is 7.59. The fourth-order valence-electron chi connectivity index (χ4n) is 3.97. The van der Waals surface area contributed by atoms with Crippen molar-refractivity contribution in [2.45, 2.75) is 46.0 Å². The van der Waals surface area contributed by atoms with Crippen molar-refractivity contribution in [1.29, 1.82) is 0 Å². The highest BCUT2D eigenvalue weighted by Gasteiger charge is 2.36. The lowest BCUT2D eigenvalue weighted by Gasteiger charge is -2.23. The van der Waals surface area contributed by atoms with Gasteiger partial charge >= 0.3 is 0 Å². The van der Waals surface area contributed by atoms with E-state index in [-0.39, 0.29) is 18.1 Å². The number of nitrogens with one attached hydrogen (secondary N) is 1. The summed E-state index contributed by atoms with van der Waals surface area (Å²) in [6.07, 6.45) is 1.98. The molecule has 1 atom stereocenters. The number of carbonyl (C=O) groups is 2. The van der Waals surface area contributed by atoms with Gasteiger partial charge in [-0.2, -0.15) is 5.10 Å². The maximum absolute atomic E-state index is 13.4. The number of amides is 1. The third kappa shape index (κ3) is 4.10. The van der Waals surface area contributed by atoms with Crippen molar-refractivity contribution in [1.82, 2.24) is 9.78 Å². The van der Waals surface area contributed by atoms with E-state index in [1.807, 2.05) is 38.1 Å². The smallest absolute Gasteiger partial charge is 0.226 e. The van der Waals surface area contributed by atoms with Crippen LogP contribution in [-0.2, 0) is 11.2 Å². The number of anilines is 1. The molecular formula is C25H27N3O3. The Morgan fingerprint density at radius 3 is 2.48 bits per heavy atom. The molecule has 2 heterocycles. The van der Waals surface area contributed by atoms with Crippen molar-refractivity contribution in [2.75, 3.05) is 11.9 Å². The summed E-state index contributed by atoms with van der Waals surface area (Å²) < 4.78 is 7.33. The van der Waals surface area contributed by atoms with Crippen molar-refractivity contribution < 1.29 is 14.3 Å². The highest BCUT2D eigenvalue weighted by Crippen LogP contribution is 2.38. The van der Waals surface area contributed by atoms with E-state index >= 15 is 0 Å². The SMILES string of the molecule is CCCOc1ccc(C(=O)C2CC(=O)Nc3c2c(C)nn3-c2ccc(CC)cc2)cc1. The molecule has 0 saturated heterocycles. The van der Waals surface area contributed by atoms with Crippen LogP contribution in [-0.4, -0.2) is 28.1 Å². The summed E-state index contributed by atoms with van der Waals surface area (Å²) in [6, 6.07) is 15.2. The topological polar surface area (TPSA) is 73.2 Å². The zero-order chi connectivity index (χ0) is 22.0. The second-order valence-electron chi connectivity index (χ2n) is 7.82.